The van der Waals surface area contributed by atoms with Crippen molar-refractivity contribution in [2.45, 2.75) is 37.5 Å². The van der Waals surface area contributed by atoms with Crippen LogP contribution in [0.3, 0.4) is 0 Å². The van der Waals surface area contributed by atoms with Gasteiger partial charge < -0.3 is 10.2 Å². The summed E-state index contributed by atoms with van der Waals surface area (Å²) < 4.78 is 0. The summed E-state index contributed by atoms with van der Waals surface area (Å²) in [5, 5.41) is 2.93. The maximum Gasteiger partial charge on any atom is 0.253 e. The van der Waals surface area contributed by atoms with Crippen LogP contribution in [-0.2, 0) is 9.59 Å². The summed E-state index contributed by atoms with van der Waals surface area (Å²) >= 11 is 1.20. The van der Waals surface area contributed by atoms with E-state index in [1.54, 1.807) is 23.1 Å². The molecule has 22 heavy (non-hydrogen) atoms. The third-order valence-corrected chi connectivity index (χ3v) is 4.76. The molecule has 0 spiro atoms. The first-order valence-electron chi connectivity index (χ1n) is 7.42. The fourth-order valence-electron chi connectivity index (χ4n) is 2.61. The van der Waals surface area contributed by atoms with Crippen LogP contribution in [0.1, 0.15) is 36.5 Å². The Morgan fingerprint density at radius 2 is 2.00 bits per heavy atom. The molecular weight excluding hydrogens is 300 g/mol. The average molecular weight is 318 g/mol. The van der Waals surface area contributed by atoms with E-state index < -0.39 is 0 Å². The van der Waals surface area contributed by atoms with Gasteiger partial charge in [0.25, 0.3) is 5.91 Å². The van der Waals surface area contributed by atoms with Gasteiger partial charge in [0.05, 0.1) is 11.3 Å². The minimum atomic E-state index is -0.131. The third-order valence-electron chi connectivity index (χ3n) is 3.77. The number of carbonyl (C=O) groups is 3. The van der Waals surface area contributed by atoms with Gasteiger partial charge in [0.2, 0.25) is 5.91 Å². The highest BCUT2D eigenvalue weighted by molar-refractivity contribution is 8.14. The second-order valence-corrected chi connectivity index (χ2v) is 7.18. The van der Waals surface area contributed by atoms with Crippen LogP contribution in [0.2, 0.25) is 0 Å². The number of thioether (sulfide) groups is 1. The number of hydrogen-bond acceptors (Lipinski definition) is 4. The predicted molar refractivity (Wildman–Crippen MR) is 86.0 cm³/mol. The number of nitrogens with one attached hydrogen (secondary N) is 1. The van der Waals surface area contributed by atoms with E-state index in [1.165, 1.54) is 18.7 Å². The first-order valence-corrected chi connectivity index (χ1v) is 8.30. The topological polar surface area (TPSA) is 66.5 Å². The molecule has 1 saturated heterocycles. The van der Waals surface area contributed by atoms with Crippen LogP contribution in [0.15, 0.2) is 24.3 Å². The third kappa shape index (κ3) is 3.32. The highest BCUT2D eigenvalue weighted by Gasteiger charge is 2.34. The van der Waals surface area contributed by atoms with Crippen LogP contribution >= 0.6 is 11.8 Å². The van der Waals surface area contributed by atoms with E-state index in [2.05, 4.69) is 5.32 Å². The fourth-order valence-corrected chi connectivity index (χ4v) is 3.53. The monoisotopic (exact) mass is 318 g/mol. The van der Waals surface area contributed by atoms with Gasteiger partial charge in [0, 0.05) is 31.2 Å². The number of amides is 2. The lowest BCUT2D eigenvalue weighted by molar-refractivity contribution is -0.117. The summed E-state index contributed by atoms with van der Waals surface area (Å²) in [6.45, 7) is 1.98. The van der Waals surface area contributed by atoms with Crippen molar-refractivity contribution in [2.24, 2.45) is 0 Å². The SMILES string of the molecule is CC(=O)SC1CC(=O)N(c2ccccc2C(=O)NC2CC2)C1. The van der Waals surface area contributed by atoms with Gasteiger partial charge in [-0.25, -0.2) is 0 Å². The number of nitrogens with zero attached hydrogens (tertiary/aromatic N) is 1. The van der Waals surface area contributed by atoms with E-state index in [4.69, 9.17) is 0 Å². The molecule has 2 aliphatic rings. The molecular formula is C16H18N2O3S. The molecule has 116 valence electrons. The summed E-state index contributed by atoms with van der Waals surface area (Å²) in [6.07, 6.45) is 2.38. The zero-order valence-corrected chi connectivity index (χ0v) is 13.2. The molecule has 1 heterocycles. The standard InChI is InChI=1S/C16H18N2O3S/c1-10(19)22-12-8-15(20)18(9-12)14-5-3-2-4-13(14)16(21)17-11-6-7-11/h2-5,11-12H,6-9H2,1H3,(H,17,21). The van der Waals surface area contributed by atoms with E-state index in [0.717, 1.165) is 12.8 Å². The number of benzene rings is 1. The Balaban J connectivity index is 1.80. The highest BCUT2D eigenvalue weighted by Crippen LogP contribution is 2.31. The number of rotatable bonds is 4. The quantitative estimate of drug-likeness (QED) is 0.921. The normalized spacial score (nSPS) is 21.0. The molecule has 2 fully saturated rings. The Morgan fingerprint density at radius 3 is 2.68 bits per heavy atom. The number of para-hydroxylation sites is 1. The minimum Gasteiger partial charge on any atom is -0.349 e. The van der Waals surface area contributed by atoms with Crippen molar-refractivity contribution in [3.05, 3.63) is 29.8 Å². The molecule has 1 aliphatic heterocycles. The predicted octanol–water partition coefficient (Wildman–Crippen LogP) is 1.96. The number of hydrogen-bond donors (Lipinski definition) is 1. The average Bonchev–Trinajstić information content (AvgIpc) is 3.20. The summed E-state index contributed by atoms with van der Waals surface area (Å²) in [5.41, 5.74) is 1.16. The van der Waals surface area contributed by atoms with E-state index in [1.807, 2.05) is 6.07 Å². The van der Waals surface area contributed by atoms with Crippen molar-refractivity contribution >= 4 is 34.4 Å². The Labute approximate surface area is 133 Å². The summed E-state index contributed by atoms with van der Waals surface area (Å²) in [5.74, 6) is -0.168. The van der Waals surface area contributed by atoms with Gasteiger partial charge in [-0.15, -0.1) is 0 Å². The second kappa shape index (κ2) is 6.12. The fraction of sp³-hybridized carbons (Fsp3) is 0.438. The maximum atomic E-state index is 12.3. The van der Waals surface area contributed by atoms with E-state index in [9.17, 15) is 14.4 Å². The zero-order valence-electron chi connectivity index (χ0n) is 12.4. The van der Waals surface area contributed by atoms with Crippen LogP contribution in [-0.4, -0.2) is 34.8 Å². The van der Waals surface area contributed by atoms with Crippen molar-refractivity contribution in [3.8, 4) is 0 Å². The van der Waals surface area contributed by atoms with Gasteiger partial charge >= 0.3 is 0 Å². The van der Waals surface area contributed by atoms with E-state index >= 15 is 0 Å². The van der Waals surface area contributed by atoms with Crippen molar-refractivity contribution in [2.75, 3.05) is 11.4 Å². The van der Waals surface area contributed by atoms with E-state index in [0.29, 0.717) is 24.2 Å². The Hall–Kier alpha value is -1.82. The van der Waals surface area contributed by atoms with Crippen molar-refractivity contribution in [1.29, 1.82) is 0 Å². The summed E-state index contributed by atoms with van der Waals surface area (Å²) in [6, 6.07) is 7.43. The molecule has 0 bridgehead atoms. The molecule has 5 nitrogen and oxygen atoms in total. The van der Waals surface area contributed by atoms with Gasteiger partial charge in [-0.1, -0.05) is 23.9 Å². The molecule has 0 aromatic heterocycles. The second-order valence-electron chi connectivity index (χ2n) is 5.70. The molecule has 1 aromatic rings. The van der Waals surface area contributed by atoms with Gasteiger partial charge in [-0.3, -0.25) is 14.4 Å². The lowest BCUT2D eigenvalue weighted by Crippen LogP contribution is -2.31. The molecule has 1 N–H and O–H groups in total. The van der Waals surface area contributed by atoms with Gasteiger partial charge in [-0.2, -0.15) is 0 Å². The zero-order chi connectivity index (χ0) is 15.7. The Kier molecular flexibility index (Phi) is 4.20. The van der Waals surface area contributed by atoms with Crippen molar-refractivity contribution < 1.29 is 14.4 Å². The summed E-state index contributed by atoms with van der Waals surface area (Å²) in [7, 11) is 0. The number of anilines is 1. The van der Waals surface area contributed by atoms with Crippen molar-refractivity contribution in [3.63, 3.8) is 0 Å². The molecule has 1 atom stereocenters. The first kappa shape index (κ1) is 15.1. The lowest BCUT2D eigenvalue weighted by atomic mass is 10.1. The van der Waals surface area contributed by atoms with Crippen LogP contribution < -0.4 is 10.2 Å². The smallest absolute Gasteiger partial charge is 0.253 e. The Bertz CT molecular complexity index is 628. The molecule has 0 radical (unpaired) electrons. The first-order chi connectivity index (χ1) is 10.5. The van der Waals surface area contributed by atoms with Crippen LogP contribution in [0, 0.1) is 0 Å². The van der Waals surface area contributed by atoms with Gasteiger partial charge in [0.15, 0.2) is 5.12 Å². The largest absolute Gasteiger partial charge is 0.349 e. The molecule has 6 heteroatoms. The maximum absolute atomic E-state index is 12.3. The van der Waals surface area contributed by atoms with Crippen LogP contribution in [0.25, 0.3) is 0 Å². The minimum absolute atomic E-state index is 0.0133. The molecule has 1 unspecified atom stereocenters. The van der Waals surface area contributed by atoms with Gasteiger partial charge in [-0.05, 0) is 25.0 Å². The molecule has 1 saturated carbocycles. The van der Waals surface area contributed by atoms with E-state index in [-0.39, 0.29) is 28.2 Å². The Morgan fingerprint density at radius 1 is 1.27 bits per heavy atom. The van der Waals surface area contributed by atoms with Crippen LogP contribution in [0.5, 0.6) is 0 Å². The lowest BCUT2D eigenvalue weighted by Gasteiger charge is -2.20. The number of carbonyl (C=O) groups excluding carboxylic acids is 3. The molecule has 3 rings (SSSR count). The molecule has 1 aromatic carbocycles. The summed E-state index contributed by atoms with van der Waals surface area (Å²) in [4.78, 5) is 37.4. The van der Waals surface area contributed by atoms with Gasteiger partial charge in [0.1, 0.15) is 0 Å². The highest BCUT2D eigenvalue weighted by atomic mass is 32.2. The van der Waals surface area contributed by atoms with Crippen molar-refractivity contribution in [1.82, 2.24) is 5.32 Å². The molecule has 1 aliphatic carbocycles. The van der Waals surface area contributed by atoms with Crippen LogP contribution in [0.4, 0.5) is 5.69 Å². The molecule has 2 amide bonds.